The van der Waals surface area contributed by atoms with Gasteiger partial charge < -0.3 is 10.2 Å². The number of aromatic amines is 1. The first kappa shape index (κ1) is 15.5. The summed E-state index contributed by atoms with van der Waals surface area (Å²) in [5.41, 5.74) is 1.25. The second-order valence-electron chi connectivity index (χ2n) is 6.69. The predicted molar refractivity (Wildman–Crippen MR) is 89.7 cm³/mol. The summed E-state index contributed by atoms with van der Waals surface area (Å²) < 4.78 is 0. The van der Waals surface area contributed by atoms with Crippen molar-refractivity contribution in [3.8, 4) is 0 Å². The van der Waals surface area contributed by atoms with E-state index in [9.17, 15) is 0 Å². The van der Waals surface area contributed by atoms with E-state index in [2.05, 4.69) is 46.8 Å². The molecule has 2 aliphatic rings. The van der Waals surface area contributed by atoms with Crippen LogP contribution in [0.3, 0.4) is 0 Å². The fourth-order valence-electron chi connectivity index (χ4n) is 3.63. The van der Waals surface area contributed by atoms with Crippen LogP contribution in [-0.2, 0) is 13.6 Å². The van der Waals surface area contributed by atoms with Gasteiger partial charge in [-0.05, 0) is 24.6 Å². The van der Waals surface area contributed by atoms with Gasteiger partial charge in [-0.25, -0.2) is 0 Å². The van der Waals surface area contributed by atoms with Crippen LogP contribution < -0.4 is 10.2 Å². The highest BCUT2D eigenvalue weighted by molar-refractivity contribution is 5.40. The van der Waals surface area contributed by atoms with Gasteiger partial charge in [0.1, 0.15) is 0 Å². The Hall–Kier alpha value is -2.00. The standard InChI is InChI=1S/C15H25N9/c1-22-20-14(18-21-22)11-23-6-2-3-12(10-23)13-9-15(19-17-13)24-7-4-16-5-8-24/h9,12,16H,2-8,10-11H2,1H3,(H,17,19). The van der Waals surface area contributed by atoms with Crippen molar-refractivity contribution in [2.75, 3.05) is 44.2 Å². The van der Waals surface area contributed by atoms with Crippen molar-refractivity contribution in [3.05, 3.63) is 17.6 Å². The molecule has 1 unspecified atom stereocenters. The number of hydrogen-bond donors (Lipinski definition) is 2. The zero-order valence-electron chi connectivity index (χ0n) is 14.1. The summed E-state index contributed by atoms with van der Waals surface area (Å²) in [6.07, 6.45) is 2.39. The Balaban J connectivity index is 1.39. The van der Waals surface area contributed by atoms with Crippen molar-refractivity contribution in [2.45, 2.75) is 25.3 Å². The molecule has 0 aliphatic carbocycles. The van der Waals surface area contributed by atoms with Crippen LogP contribution in [0, 0.1) is 0 Å². The lowest BCUT2D eigenvalue weighted by Gasteiger charge is -2.31. The second kappa shape index (κ2) is 6.86. The average molecular weight is 331 g/mol. The molecule has 9 nitrogen and oxygen atoms in total. The van der Waals surface area contributed by atoms with Gasteiger partial charge in [0.25, 0.3) is 0 Å². The van der Waals surface area contributed by atoms with Gasteiger partial charge in [0.15, 0.2) is 11.6 Å². The Bertz CT molecular complexity index is 657. The van der Waals surface area contributed by atoms with Gasteiger partial charge in [-0.2, -0.15) is 9.90 Å². The summed E-state index contributed by atoms with van der Waals surface area (Å²) in [7, 11) is 1.80. The number of H-pyrrole nitrogens is 1. The quantitative estimate of drug-likeness (QED) is 0.796. The van der Waals surface area contributed by atoms with Gasteiger partial charge in [-0.15, -0.1) is 10.2 Å². The highest BCUT2D eigenvalue weighted by Gasteiger charge is 2.25. The van der Waals surface area contributed by atoms with Gasteiger partial charge in [-0.3, -0.25) is 10.00 Å². The third-order valence-electron chi connectivity index (χ3n) is 4.89. The van der Waals surface area contributed by atoms with E-state index in [4.69, 9.17) is 0 Å². The summed E-state index contributed by atoms with van der Waals surface area (Å²) >= 11 is 0. The van der Waals surface area contributed by atoms with Gasteiger partial charge in [0.05, 0.1) is 13.6 Å². The molecule has 2 aromatic rings. The van der Waals surface area contributed by atoms with Crippen molar-refractivity contribution in [3.63, 3.8) is 0 Å². The Kier molecular flexibility index (Phi) is 4.44. The molecule has 1 atom stereocenters. The van der Waals surface area contributed by atoms with E-state index in [-0.39, 0.29) is 0 Å². The molecule has 4 heterocycles. The first-order valence-electron chi connectivity index (χ1n) is 8.74. The van der Waals surface area contributed by atoms with E-state index in [1.54, 1.807) is 7.05 Å². The van der Waals surface area contributed by atoms with Crippen molar-refractivity contribution in [1.29, 1.82) is 0 Å². The lowest BCUT2D eigenvalue weighted by Crippen LogP contribution is -2.43. The maximum Gasteiger partial charge on any atom is 0.188 e. The van der Waals surface area contributed by atoms with Crippen molar-refractivity contribution >= 4 is 5.82 Å². The van der Waals surface area contributed by atoms with Gasteiger partial charge in [0, 0.05) is 50.4 Å². The van der Waals surface area contributed by atoms with Crippen LogP contribution in [0.25, 0.3) is 0 Å². The summed E-state index contributed by atoms with van der Waals surface area (Å²) in [4.78, 5) is 6.28. The summed E-state index contributed by atoms with van der Waals surface area (Å²) in [5, 5.41) is 23.5. The number of likely N-dealkylation sites (tertiary alicyclic amines) is 1. The fourth-order valence-corrected chi connectivity index (χ4v) is 3.63. The molecule has 2 fully saturated rings. The third kappa shape index (κ3) is 3.41. The molecular formula is C15H25N9. The molecule has 2 N–H and O–H groups in total. The number of piperidine rings is 1. The number of anilines is 1. The van der Waals surface area contributed by atoms with Crippen LogP contribution in [0.5, 0.6) is 0 Å². The summed E-state index contributed by atoms with van der Waals surface area (Å²) in [5.74, 6) is 2.38. The molecule has 0 aromatic carbocycles. The molecule has 2 aliphatic heterocycles. The van der Waals surface area contributed by atoms with Crippen LogP contribution >= 0.6 is 0 Å². The van der Waals surface area contributed by atoms with E-state index in [1.165, 1.54) is 23.3 Å². The SMILES string of the molecule is Cn1nnc(CN2CCCC(c3cc(N4CCNCC4)n[nH]3)C2)n1. The van der Waals surface area contributed by atoms with E-state index in [1.807, 2.05) is 0 Å². The van der Waals surface area contributed by atoms with Crippen LogP contribution in [0.4, 0.5) is 5.82 Å². The smallest absolute Gasteiger partial charge is 0.188 e. The van der Waals surface area contributed by atoms with Crippen LogP contribution in [0.2, 0.25) is 0 Å². The number of tetrazole rings is 1. The van der Waals surface area contributed by atoms with E-state index >= 15 is 0 Å². The van der Waals surface area contributed by atoms with E-state index < -0.39 is 0 Å². The van der Waals surface area contributed by atoms with Crippen molar-refractivity contribution in [1.82, 2.24) is 40.6 Å². The molecular weight excluding hydrogens is 306 g/mol. The minimum atomic E-state index is 0.500. The van der Waals surface area contributed by atoms with Crippen LogP contribution in [-0.4, -0.2) is 74.6 Å². The first-order valence-corrected chi connectivity index (χ1v) is 8.74. The molecule has 0 bridgehead atoms. The molecule has 4 rings (SSSR count). The maximum atomic E-state index is 4.54. The number of aromatic nitrogens is 6. The lowest BCUT2D eigenvalue weighted by molar-refractivity contribution is 0.194. The van der Waals surface area contributed by atoms with Crippen molar-refractivity contribution in [2.24, 2.45) is 7.05 Å². The minimum absolute atomic E-state index is 0.500. The highest BCUT2D eigenvalue weighted by Crippen LogP contribution is 2.28. The molecule has 0 spiro atoms. The maximum absolute atomic E-state index is 4.54. The van der Waals surface area contributed by atoms with Crippen LogP contribution in [0.15, 0.2) is 6.07 Å². The second-order valence-corrected chi connectivity index (χ2v) is 6.69. The van der Waals surface area contributed by atoms with Gasteiger partial charge >= 0.3 is 0 Å². The number of hydrogen-bond acceptors (Lipinski definition) is 7. The van der Waals surface area contributed by atoms with E-state index in [0.717, 1.165) is 57.5 Å². The monoisotopic (exact) mass is 331 g/mol. The topological polar surface area (TPSA) is 90.8 Å². The zero-order chi connectivity index (χ0) is 16.4. The van der Waals surface area contributed by atoms with Crippen LogP contribution in [0.1, 0.15) is 30.3 Å². The fraction of sp³-hybridized carbons (Fsp3) is 0.733. The predicted octanol–water partition coefficient (Wildman–Crippen LogP) is -0.278. The number of piperazine rings is 1. The largest absolute Gasteiger partial charge is 0.353 e. The Morgan fingerprint density at radius 2 is 2.12 bits per heavy atom. The van der Waals surface area contributed by atoms with Gasteiger partial charge in [-0.1, -0.05) is 0 Å². The third-order valence-corrected chi connectivity index (χ3v) is 4.89. The zero-order valence-corrected chi connectivity index (χ0v) is 14.1. The summed E-state index contributed by atoms with van der Waals surface area (Å²) in [6, 6.07) is 2.24. The minimum Gasteiger partial charge on any atom is -0.353 e. The number of nitrogens with zero attached hydrogens (tertiary/aromatic N) is 7. The number of rotatable bonds is 4. The number of aryl methyl sites for hydroxylation is 1. The molecule has 24 heavy (non-hydrogen) atoms. The first-order chi connectivity index (χ1) is 11.8. The summed E-state index contributed by atoms with van der Waals surface area (Å²) in [6.45, 7) is 6.99. The van der Waals surface area contributed by atoms with Crippen molar-refractivity contribution < 1.29 is 0 Å². The Morgan fingerprint density at radius 1 is 1.25 bits per heavy atom. The molecule has 2 saturated heterocycles. The number of nitrogens with one attached hydrogen (secondary N) is 2. The highest BCUT2D eigenvalue weighted by atomic mass is 15.6. The average Bonchev–Trinajstić information content (AvgIpc) is 3.25. The molecule has 0 saturated carbocycles. The molecule has 2 aromatic heterocycles. The Morgan fingerprint density at radius 3 is 2.92 bits per heavy atom. The Labute approximate surface area is 141 Å². The molecule has 0 radical (unpaired) electrons. The normalized spacial score (nSPS) is 22.9. The lowest BCUT2D eigenvalue weighted by atomic mass is 9.95. The van der Waals surface area contributed by atoms with E-state index in [0.29, 0.717) is 5.92 Å². The van der Waals surface area contributed by atoms with Gasteiger partial charge in [0.2, 0.25) is 0 Å². The molecule has 130 valence electrons. The molecule has 9 heteroatoms. The molecule has 0 amide bonds.